The molecule has 3 aromatic rings. The predicted octanol–water partition coefficient (Wildman–Crippen LogP) is 6.53. The van der Waals surface area contributed by atoms with E-state index in [9.17, 15) is 37.1 Å². The van der Waals surface area contributed by atoms with Crippen molar-refractivity contribution in [2.45, 2.75) is 165 Å². The molecular formula is C53H74F3N11O5. The van der Waals surface area contributed by atoms with Gasteiger partial charge in [-0.1, -0.05) is 25.3 Å². The first-order valence-electron chi connectivity index (χ1n) is 26.5. The first kappa shape index (κ1) is 52.9. The zero-order chi connectivity index (χ0) is 51.1. The van der Waals surface area contributed by atoms with Gasteiger partial charge in [-0.3, -0.25) is 29.0 Å². The molecule has 1 saturated carbocycles. The number of unbranched alkanes of at least 4 members (excludes halogenated alkanes) is 4. The Kier molecular flexibility index (Phi) is 17.4. The lowest BCUT2D eigenvalue weighted by atomic mass is 9.88. The molecular weight excluding hydrogens is 928 g/mol. The van der Waals surface area contributed by atoms with Crippen molar-refractivity contribution in [3.05, 3.63) is 60.2 Å². The Labute approximate surface area is 421 Å². The molecule has 5 amide bonds. The molecule has 0 unspecified atom stereocenters. The van der Waals surface area contributed by atoms with Gasteiger partial charge in [0.2, 0.25) is 29.5 Å². The summed E-state index contributed by atoms with van der Waals surface area (Å²) in [5.74, 6) is -0.737. The van der Waals surface area contributed by atoms with Crippen LogP contribution in [-0.2, 0) is 30.1 Å². The zero-order valence-corrected chi connectivity index (χ0v) is 42.4. The van der Waals surface area contributed by atoms with Crippen molar-refractivity contribution in [2.24, 2.45) is 11.8 Å². The van der Waals surface area contributed by atoms with Gasteiger partial charge < -0.3 is 40.4 Å². The van der Waals surface area contributed by atoms with Gasteiger partial charge in [0.25, 0.3) is 0 Å². The number of amides is 5. The van der Waals surface area contributed by atoms with Crippen molar-refractivity contribution in [1.29, 1.82) is 0 Å². The molecule has 5 fully saturated rings. The summed E-state index contributed by atoms with van der Waals surface area (Å²) in [4.78, 5) is 90.1. The largest absolute Gasteiger partial charge is 0.416 e. The quantitative estimate of drug-likeness (QED) is 0.118. The van der Waals surface area contributed by atoms with E-state index >= 15 is 0 Å². The third-order valence-corrected chi connectivity index (χ3v) is 16.4. The zero-order valence-electron chi connectivity index (χ0n) is 42.4. The molecule has 8 rings (SSSR count). The molecule has 6 heterocycles. The standard InChI is InChI=1S/C53H74F3N11O5/c1-34(2)63(3)38-14-16-40(17-15-38)67-45(31-44(52(67)72)61-49-41-29-37(53(54,55)56)13-18-43(41)59-33-60-49)62-50(70)35-19-25-65(26-20-35)39-21-27-66(28-22-39)46(68)12-8-6-5-7-9-24-58-51(71)42-30-47(69)64(4)48(42)36-11-10-23-57-32-36/h10-11,13,18,23,29,32-35,38-40,42,44-45,48H,5-9,12,14-17,19-22,24-28,30-31H2,1-4H3,(H,58,71)(H,62,70)(H,59,60,61)/t38?,40?,42-,44+,45-,48+/m1/s1. The Hall–Kier alpha value is -5.43. The molecule has 0 spiro atoms. The van der Waals surface area contributed by atoms with Crippen LogP contribution in [0, 0.1) is 11.8 Å². The van der Waals surface area contributed by atoms with E-state index in [4.69, 9.17) is 0 Å². The summed E-state index contributed by atoms with van der Waals surface area (Å²) >= 11 is 0. The summed E-state index contributed by atoms with van der Waals surface area (Å²) in [5, 5.41) is 9.66. The molecule has 5 aliphatic rings. The number of hydrogen-bond donors (Lipinski definition) is 3. The number of piperidine rings is 2. The number of aromatic nitrogens is 3. The number of rotatable bonds is 18. The van der Waals surface area contributed by atoms with E-state index in [2.05, 4.69) is 61.6 Å². The fourth-order valence-corrected chi connectivity index (χ4v) is 12.0. The van der Waals surface area contributed by atoms with Crippen LogP contribution in [0.1, 0.15) is 134 Å². The number of alkyl halides is 3. The van der Waals surface area contributed by atoms with E-state index in [0.717, 1.165) is 115 Å². The van der Waals surface area contributed by atoms with Crippen LogP contribution in [0.4, 0.5) is 19.0 Å². The van der Waals surface area contributed by atoms with Crippen molar-refractivity contribution in [1.82, 2.24) is 50.1 Å². The molecule has 3 N–H and O–H groups in total. The highest BCUT2D eigenvalue weighted by Gasteiger charge is 2.47. The Bertz CT molecular complexity index is 2350. The van der Waals surface area contributed by atoms with Crippen LogP contribution >= 0.6 is 0 Å². The predicted molar refractivity (Wildman–Crippen MR) is 267 cm³/mol. The van der Waals surface area contributed by atoms with Crippen molar-refractivity contribution in [3.63, 3.8) is 0 Å². The minimum absolute atomic E-state index is 0.0443. The van der Waals surface area contributed by atoms with Gasteiger partial charge in [-0.05, 0) is 128 Å². The van der Waals surface area contributed by atoms with Crippen LogP contribution in [0.3, 0.4) is 0 Å². The summed E-state index contributed by atoms with van der Waals surface area (Å²) in [7, 11) is 3.87. The molecule has 16 nitrogen and oxygen atoms in total. The van der Waals surface area contributed by atoms with Crippen LogP contribution in [0.5, 0.6) is 0 Å². The average molecular weight is 1000 g/mol. The third kappa shape index (κ3) is 12.5. The first-order chi connectivity index (χ1) is 34.6. The highest BCUT2D eigenvalue weighted by molar-refractivity contribution is 5.94. The minimum atomic E-state index is -4.56. The number of halogens is 3. The second-order valence-corrected chi connectivity index (χ2v) is 21.2. The van der Waals surface area contributed by atoms with E-state index in [1.165, 1.54) is 12.4 Å². The Morgan fingerprint density at radius 2 is 1.58 bits per heavy atom. The minimum Gasteiger partial charge on any atom is -0.358 e. The first-order valence-corrected chi connectivity index (χ1v) is 26.5. The Morgan fingerprint density at radius 3 is 2.28 bits per heavy atom. The smallest absolute Gasteiger partial charge is 0.358 e. The van der Waals surface area contributed by atoms with Crippen LogP contribution in [0.2, 0.25) is 0 Å². The molecule has 4 saturated heterocycles. The monoisotopic (exact) mass is 1000 g/mol. The molecule has 72 heavy (non-hydrogen) atoms. The van der Waals surface area contributed by atoms with Crippen molar-refractivity contribution in [3.8, 4) is 0 Å². The third-order valence-electron chi connectivity index (χ3n) is 16.4. The molecule has 0 radical (unpaired) electrons. The number of likely N-dealkylation sites (tertiary alicyclic amines) is 4. The number of carbonyl (C=O) groups is 5. The van der Waals surface area contributed by atoms with E-state index in [1.54, 1.807) is 24.3 Å². The number of nitrogens with zero attached hydrogens (tertiary/aromatic N) is 8. The summed E-state index contributed by atoms with van der Waals surface area (Å²) in [6.07, 6.45) is 11.6. The maximum Gasteiger partial charge on any atom is 0.416 e. The lowest BCUT2D eigenvalue weighted by Gasteiger charge is -2.42. The van der Waals surface area contributed by atoms with Crippen molar-refractivity contribution in [2.75, 3.05) is 52.1 Å². The van der Waals surface area contributed by atoms with Gasteiger partial charge in [0.1, 0.15) is 24.4 Å². The van der Waals surface area contributed by atoms with Crippen LogP contribution in [0.25, 0.3) is 10.9 Å². The normalized spacial score (nSPS) is 25.0. The second kappa shape index (κ2) is 23.6. The van der Waals surface area contributed by atoms with E-state index in [-0.39, 0.29) is 71.6 Å². The summed E-state index contributed by atoms with van der Waals surface area (Å²) in [6.45, 7) is 7.89. The fourth-order valence-electron chi connectivity index (χ4n) is 12.0. The van der Waals surface area contributed by atoms with Crippen molar-refractivity contribution >= 4 is 46.3 Å². The summed E-state index contributed by atoms with van der Waals surface area (Å²) in [5.41, 5.74) is 0.358. The van der Waals surface area contributed by atoms with Crippen molar-refractivity contribution < 1.29 is 37.1 Å². The van der Waals surface area contributed by atoms with Gasteiger partial charge in [-0.25, -0.2) is 9.97 Å². The van der Waals surface area contributed by atoms with Gasteiger partial charge >= 0.3 is 6.18 Å². The Balaban J connectivity index is 0.758. The maximum atomic E-state index is 14.4. The highest BCUT2D eigenvalue weighted by atomic mass is 19.4. The number of anilines is 1. The molecule has 392 valence electrons. The highest BCUT2D eigenvalue weighted by Crippen LogP contribution is 2.38. The SMILES string of the molecule is CC(C)N(C)C1CCC(N2C(=O)[C@@H](Nc3ncnc4ccc(C(F)(F)F)cc34)C[C@@H]2NC(=O)C2CCN(C3CCN(C(=O)CCCCCCCNC(=O)[C@@H]4CC(=O)N(C)[C@H]4c4cccnc4)CC3)CC2)CC1. The lowest BCUT2D eigenvalue weighted by molar-refractivity contribution is -0.138. The van der Waals surface area contributed by atoms with Gasteiger partial charge in [0, 0.05) is 93.8 Å². The van der Waals surface area contributed by atoms with Crippen LogP contribution < -0.4 is 16.0 Å². The Morgan fingerprint density at radius 1 is 0.861 bits per heavy atom. The van der Waals surface area contributed by atoms with Gasteiger partial charge in [-0.15, -0.1) is 0 Å². The van der Waals surface area contributed by atoms with Gasteiger partial charge in [0.15, 0.2) is 0 Å². The number of benzene rings is 1. The summed E-state index contributed by atoms with van der Waals surface area (Å²) in [6, 6.07) is 6.95. The lowest BCUT2D eigenvalue weighted by Crippen LogP contribution is -2.55. The maximum absolute atomic E-state index is 14.4. The molecule has 19 heteroatoms. The average Bonchev–Trinajstić information content (AvgIpc) is 3.86. The topological polar surface area (TPSA) is 176 Å². The van der Waals surface area contributed by atoms with Gasteiger partial charge in [0.05, 0.1) is 23.0 Å². The molecule has 1 aromatic carbocycles. The number of carbonyl (C=O) groups excluding carboxylic acids is 5. The number of nitrogens with one attached hydrogen (secondary N) is 3. The molecule has 4 aliphatic heterocycles. The summed E-state index contributed by atoms with van der Waals surface area (Å²) < 4.78 is 41.2. The van der Waals surface area contributed by atoms with E-state index in [1.807, 2.05) is 21.9 Å². The molecule has 0 bridgehead atoms. The molecule has 2 aromatic heterocycles. The molecule has 4 atom stereocenters. The number of pyridine rings is 1. The molecule has 1 aliphatic carbocycles. The second-order valence-electron chi connectivity index (χ2n) is 21.2. The van der Waals surface area contributed by atoms with E-state index in [0.29, 0.717) is 49.4 Å². The van der Waals surface area contributed by atoms with Crippen LogP contribution in [-0.4, -0.2) is 152 Å². The van der Waals surface area contributed by atoms with Crippen LogP contribution in [0.15, 0.2) is 49.1 Å². The van der Waals surface area contributed by atoms with Gasteiger partial charge in [-0.2, -0.15) is 13.2 Å². The fraction of sp³-hybridized carbons (Fsp3) is 0.660. The number of fused-ring (bicyclic) bond motifs is 1. The van der Waals surface area contributed by atoms with E-state index < -0.39 is 29.9 Å². The number of hydrogen-bond acceptors (Lipinski definition) is 11.